The van der Waals surface area contributed by atoms with Gasteiger partial charge in [0.1, 0.15) is 5.75 Å². The number of aromatic hydroxyl groups is 1. The molecule has 3 amide bonds. The van der Waals surface area contributed by atoms with Gasteiger partial charge >= 0.3 is 6.03 Å². The standard InChI is InChI=1S/C25H24N2O3/c28-23-14-11-20(12-15-23)17-22-18-26(21-9-5-2-6-10-21)25(30)27(22)24(29)16-13-19-7-3-1-4-8-19/h1-12,14-15,22,28H,13,16-18H2/t22-/m0/s1. The van der Waals surface area contributed by atoms with Crippen molar-refractivity contribution < 1.29 is 14.7 Å². The fourth-order valence-electron chi connectivity index (χ4n) is 3.87. The summed E-state index contributed by atoms with van der Waals surface area (Å²) < 4.78 is 0. The van der Waals surface area contributed by atoms with Crippen LogP contribution >= 0.6 is 0 Å². The molecular formula is C25H24N2O3. The number of hydrogen-bond donors (Lipinski definition) is 1. The van der Waals surface area contributed by atoms with Gasteiger partial charge in [-0.15, -0.1) is 0 Å². The molecule has 5 nitrogen and oxygen atoms in total. The molecule has 0 radical (unpaired) electrons. The topological polar surface area (TPSA) is 60.9 Å². The first kappa shape index (κ1) is 19.7. The van der Waals surface area contributed by atoms with Crippen molar-refractivity contribution in [2.75, 3.05) is 11.4 Å². The minimum absolute atomic E-state index is 0.161. The van der Waals surface area contributed by atoms with Crippen LogP contribution < -0.4 is 4.90 Å². The summed E-state index contributed by atoms with van der Waals surface area (Å²) in [4.78, 5) is 29.4. The Labute approximate surface area is 176 Å². The van der Waals surface area contributed by atoms with Crippen LogP contribution in [0, 0.1) is 0 Å². The molecule has 1 saturated heterocycles. The molecule has 0 bridgehead atoms. The van der Waals surface area contributed by atoms with E-state index in [1.54, 1.807) is 17.0 Å². The molecule has 3 aromatic carbocycles. The average Bonchev–Trinajstić information content (AvgIpc) is 3.11. The van der Waals surface area contributed by atoms with Gasteiger partial charge in [0.15, 0.2) is 0 Å². The number of phenolic OH excluding ortho intramolecular Hbond substituents is 1. The third-order valence-corrected chi connectivity index (χ3v) is 5.41. The summed E-state index contributed by atoms with van der Waals surface area (Å²) in [6, 6.07) is 25.6. The van der Waals surface area contributed by atoms with Gasteiger partial charge in [-0.2, -0.15) is 0 Å². The Bertz CT molecular complexity index is 1000. The average molecular weight is 400 g/mol. The number of carbonyl (C=O) groups excluding carboxylic acids is 2. The first-order chi connectivity index (χ1) is 14.6. The number of phenols is 1. The van der Waals surface area contributed by atoms with E-state index in [0.717, 1.165) is 16.8 Å². The number of nitrogens with zero attached hydrogens (tertiary/aromatic N) is 2. The molecule has 5 heteroatoms. The molecular weight excluding hydrogens is 376 g/mol. The van der Waals surface area contributed by atoms with E-state index in [1.165, 1.54) is 4.90 Å². The number of rotatable bonds is 6. The normalized spacial score (nSPS) is 16.1. The van der Waals surface area contributed by atoms with E-state index in [2.05, 4.69) is 0 Å². The second kappa shape index (κ2) is 8.82. The quantitative estimate of drug-likeness (QED) is 0.667. The summed E-state index contributed by atoms with van der Waals surface area (Å²) in [5, 5.41) is 9.54. The lowest BCUT2D eigenvalue weighted by Gasteiger charge is -2.21. The van der Waals surface area contributed by atoms with Gasteiger partial charge in [0.05, 0.1) is 6.04 Å². The molecule has 1 N–H and O–H groups in total. The number of urea groups is 1. The van der Waals surface area contributed by atoms with Gasteiger partial charge in [-0.1, -0.05) is 60.7 Å². The maximum absolute atomic E-state index is 13.2. The summed E-state index contributed by atoms with van der Waals surface area (Å²) in [6.07, 6.45) is 1.43. The summed E-state index contributed by atoms with van der Waals surface area (Å²) in [6.45, 7) is 0.445. The van der Waals surface area contributed by atoms with Crippen molar-refractivity contribution in [2.45, 2.75) is 25.3 Å². The Balaban J connectivity index is 1.55. The van der Waals surface area contributed by atoms with Crippen molar-refractivity contribution in [3.05, 3.63) is 96.1 Å². The lowest BCUT2D eigenvalue weighted by Crippen LogP contribution is -2.41. The summed E-state index contributed by atoms with van der Waals surface area (Å²) >= 11 is 0. The molecule has 3 aromatic rings. The van der Waals surface area contributed by atoms with Crippen LogP contribution in [0.1, 0.15) is 17.5 Å². The van der Waals surface area contributed by atoms with Crippen molar-refractivity contribution in [3.8, 4) is 5.75 Å². The van der Waals surface area contributed by atoms with Crippen molar-refractivity contribution in [1.29, 1.82) is 0 Å². The predicted octanol–water partition coefficient (Wildman–Crippen LogP) is 4.40. The first-order valence-electron chi connectivity index (χ1n) is 10.1. The molecule has 152 valence electrons. The highest BCUT2D eigenvalue weighted by Crippen LogP contribution is 2.27. The zero-order valence-corrected chi connectivity index (χ0v) is 16.6. The van der Waals surface area contributed by atoms with Crippen LogP contribution in [0.4, 0.5) is 10.5 Å². The second-order valence-electron chi connectivity index (χ2n) is 7.50. The minimum Gasteiger partial charge on any atom is -0.508 e. The molecule has 1 atom stereocenters. The first-order valence-corrected chi connectivity index (χ1v) is 10.1. The molecule has 1 aliphatic heterocycles. The molecule has 1 aliphatic rings. The monoisotopic (exact) mass is 400 g/mol. The van der Waals surface area contributed by atoms with Gasteiger partial charge in [0, 0.05) is 18.7 Å². The van der Waals surface area contributed by atoms with Crippen LogP contribution in [0.25, 0.3) is 0 Å². The number of imide groups is 1. The summed E-state index contributed by atoms with van der Waals surface area (Å²) in [5.41, 5.74) is 2.84. The van der Waals surface area contributed by atoms with Crippen molar-refractivity contribution in [1.82, 2.24) is 4.90 Å². The number of carbonyl (C=O) groups is 2. The molecule has 0 aliphatic carbocycles. The molecule has 0 spiro atoms. The van der Waals surface area contributed by atoms with Crippen LogP contribution in [0.5, 0.6) is 5.75 Å². The van der Waals surface area contributed by atoms with Gasteiger partial charge in [-0.05, 0) is 48.2 Å². The Morgan fingerprint density at radius 1 is 0.867 bits per heavy atom. The van der Waals surface area contributed by atoms with E-state index in [-0.39, 0.29) is 30.2 Å². The van der Waals surface area contributed by atoms with Crippen LogP contribution in [0.3, 0.4) is 0 Å². The van der Waals surface area contributed by atoms with E-state index in [1.807, 2.05) is 72.8 Å². The molecule has 0 unspecified atom stereocenters. The number of amides is 3. The fourth-order valence-corrected chi connectivity index (χ4v) is 3.87. The number of anilines is 1. The van der Waals surface area contributed by atoms with Crippen LogP contribution in [-0.2, 0) is 17.6 Å². The van der Waals surface area contributed by atoms with Gasteiger partial charge < -0.3 is 5.11 Å². The third kappa shape index (κ3) is 4.35. The highest BCUT2D eigenvalue weighted by Gasteiger charge is 2.41. The Hall–Kier alpha value is -3.60. The zero-order chi connectivity index (χ0) is 20.9. The van der Waals surface area contributed by atoms with Gasteiger partial charge in [-0.3, -0.25) is 14.6 Å². The van der Waals surface area contributed by atoms with Crippen LogP contribution in [0.2, 0.25) is 0 Å². The van der Waals surface area contributed by atoms with E-state index in [4.69, 9.17) is 0 Å². The smallest absolute Gasteiger partial charge is 0.331 e. The molecule has 4 rings (SSSR count). The number of aryl methyl sites for hydroxylation is 1. The maximum atomic E-state index is 13.2. The summed E-state index contributed by atoms with van der Waals surface area (Å²) in [5.74, 6) is 0.0361. The van der Waals surface area contributed by atoms with Gasteiger partial charge in [0.25, 0.3) is 0 Å². The Morgan fingerprint density at radius 2 is 1.50 bits per heavy atom. The van der Waals surface area contributed by atoms with Gasteiger partial charge in [0.2, 0.25) is 5.91 Å². The maximum Gasteiger partial charge on any atom is 0.331 e. The van der Waals surface area contributed by atoms with Crippen LogP contribution in [-0.4, -0.2) is 34.5 Å². The van der Waals surface area contributed by atoms with E-state index >= 15 is 0 Å². The van der Waals surface area contributed by atoms with Gasteiger partial charge in [-0.25, -0.2) is 4.79 Å². The van der Waals surface area contributed by atoms with E-state index in [0.29, 0.717) is 19.4 Å². The van der Waals surface area contributed by atoms with Crippen molar-refractivity contribution in [3.63, 3.8) is 0 Å². The predicted molar refractivity (Wildman–Crippen MR) is 116 cm³/mol. The minimum atomic E-state index is -0.275. The third-order valence-electron chi connectivity index (χ3n) is 5.41. The van der Waals surface area contributed by atoms with Crippen LogP contribution in [0.15, 0.2) is 84.9 Å². The highest BCUT2D eigenvalue weighted by molar-refractivity contribution is 6.05. The van der Waals surface area contributed by atoms with E-state index in [9.17, 15) is 14.7 Å². The molecule has 1 heterocycles. The molecule has 0 aromatic heterocycles. The number of benzene rings is 3. The molecule has 1 fully saturated rings. The lowest BCUT2D eigenvalue weighted by atomic mass is 10.0. The van der Waals surface area contributed by atoms with E-state index < -0.39 is 0 Å². The lowest BCUT2D eigenvalue weighted by molar-refractivity contribution is -0.129. The van der Waals surface area contributed by atoms with Crippen molar-refractivity contribution >= 4 is 17.6 Å². The Kier molecular flexibility index (Phi) is 5.80. The fraction of sp³-hybridized carbons (Fsp3) is 0.200. The molecule has 30 heavy (non-hydrogen) atoms. The SMILES string of the molecule is O=C(CCc1ccccc1)N1C(=O)N(c2ccccc2)C[C@@H]1Cc1ccc(O)cc1. The highest BCUT2D eigenvalue weighted by atomic mass is 16.3. The number of para-hydroxylation sites is 1. The zero-order valence-electron chi connectivity index (χ0n) is 16.6. The summed E-state index contributed by atoms with van der Waals surface area (Å²) in [7, 11) is 0. The van der Waals surface area contributed by atoms with Crippen molar-refractivity contribution in [2.24, 2.45) is 0 Å². The molecule has 0 saturated carbocycles. The Morgan fingerprint density at radius 3 is 2.17 bits per heavy atom. The largest absolute Gasteiger partial charge is 0.508 e. The second-order valence-corrected chi connectivity index (χ2v) is 7.50. The number of hydrogen-bond acceptors (Lipinski definition) is 3.